The van der Waals surface area contributed by atoms with Gasteiger partial charge in [-0.05, 0) is 60.8 Å². The van der Waals surface area contributed by atoms with Crippen LogP contribution in [0.1, 0.15) is 23.6 Å². The van der Waals surface area contributed by atoms with E-state index in [0.717, 1.165) is 35.1 Å². The second-order valence-electron chi connectivity index (χ2n) is 6.34. The summed E-state index contributed by atoms with van der Waals surface area (Å²) in [6.07, 6.45) is 1.68. The molecule has 6 heteroatoms. The Hall–Kier alpha value is -2.73. The topological polar surface area (TPSA) is 66.0 Å². The highest BCUT2D eigenvalue weighted by Gasteiger charge is 2.28. The van der Waals surface area contributed by atoms with E-state index in [2.05, 4.69) is 5.32 Å². The number of rotatable bonds is 5. The number of hydrogen-bond acceptors (Lipinski definition) is 6. The zero-order valence-electron chi connectivity index (χ0n) is 16.3. The number of hydrogen-bond donors (Lipinski definition) is 1. The summed E-state index contributed by atoms with van der Waals surface area (Å²) in [5, 5.41) is 3.35. The Morgan fingerprint density at radius 1 is 0.926 bits per heavy atom. The molecule has 1 unspecified atom stereocenters. The van der Waals surface area contributed by atoms with Crippen LogP contribution in [0, 0.1) is 0 Å². The molecule has 0 saturated heterocycles. The van der Waals surface area contributed by atoms with Crippen molar-refractivity contribution in [3.05, 3.63) is 45.6 Å². The van der Waals surface area contributed by atoms with Crippen molar-refractivity contribution >= 4 is 0 Å². The zero-order valence-corrected chi connectivity index (χ0v) is 16.3. The third-order valence-corrected chi connectivity index (χ3v) is 5.07. The summed E-state index contributed by atoms with van der Waals surface area (Å²) in [6, 6.07) is 7.25. The van der Waals surface area contributed by atoms with E-state index in [4.69, 9.17) is 18.9 Å². The van der Waals surface area contributed by atoms with Crippen LogP contribution in [0.5, 0.6) is 23.0 Å². The molecule has 0 heterocycles. The van der Waals surface area contributed by atoms with Crippen molar-refractivity contribution in [1.29, 1.82) is 0 Å². The molecule has 0 bridgehead atoms. The lowest BCUT2D eigenvalue weighted by Crippen LogP contribution is -2.16. The average Bonchev–Trinajstić information content (AvgIpc) is 2.94. The third-order valence-electron chi connectivity index (χ3n) is 5.07. The maximum atomic E-state index is 12.4. The van der Waals surface area contributed by atoms with E-state index in [9.17, 15) is 4.79 Å². The Kier molecular flexibility index (Phi) is 5.56. The summed E-state index contributed by atoms with van der Waals surface area (Å²) < 4.78 is 22.1. The molecule has 1 aliphatic carbocycles. The second-order valence-corrected chi connectivity index (χ2v) is 6.34. The highest BCUT2D eigenvalue weighted by molar-refractivity contribution is 5.82. The van der Waals surface area contributed by atoms with Gasteiger partial charge in [0.2, 0.25) is 11.2 Å². The Balaban J connectivity index is 2.44. The average molecular weight is 371 g/mol. The van der Waals surface area contributed by atoms with Gasteiger partial charge in [0.15, 0.2) is 17.2 Å². The Morgan fingerprint density at radius 3 is 2.22 bits per heavy atom. The quantitative estimate of drug-likeness (QED) is 0.872. The Labute approximate surface area is 159 Å². The van der Waals surface area contributed by atoms with Gasteiger partial charge >= 0.3 is 0 Å². The van der Waals surface area contributed by atoms with Crippen LogP contribution in [0.3, 0.4) is 0 Å². The van der Waals surface area contributed by atoms with Gasteiger partial charge in [-0.3, -0.25) is 4.79 Å². The van der Waals surface area contributed by atoms with E-state index >= 15 is 0 Å². The van der Waals surface area contributed by atoms with Gasteiger partial charge in [-0.25, -0.2) is 0 Å². The lowest BCUT2D eigenvalue weighted by atomic mass is 9.95. The fourth-order valence-electron chi connectivity index (χ4n) is 3.76. The van der Waals surface area contributed by atoms with Crippen molar-refractivity contribution in [3.8, 4) is 34.1 Å². The highest BCUT2D eigenvalue weighted by atomic mass is 16.5. The van der Waals surface area contributed by atoms with Crippen LogP contribution in [0.2, 0.25) is 0 Å². The predicted molar refractivity (Wildman–Crippen MR) is 104 cm³/mol. The lowest BCUT2D eigenvalue weighted by Gasteiger charge is -2.19. The smallest absolute Gasteiger partial charge is 0.220 e. The van der Waals surface area contributed by atoms with E-state index in [1.54, 1.807) is 21.3 Å². The first kappa shape index (κ1) is 19.0. The summed E-state index contributed by atoms with van der Waals surface area (Å²) in [6.45, 7) is 0. The number of methoxy groups -OCH3 is 4. The summed E-state index contributed by atoms with van der Waals surface area (Å²) in [4.78, 5) is 12.4. The minimum Gasteiger partial charge on any atom is -0.493 e. The van der Waals surface area contributed by atoms with Crippen molar-refractivity contribution in [2.24, 2.45) is 0 Å². The van der Waals surface area contributed by atoms with E-state index in [0.29, 0.717) is 23.0 Å². The number of nitrogens with one attached hydrogen (secondary N) is 1. The molecule has 0 aromatic heterocycles. The zero-order chi connectivity index (χ0) is 19.6. The van der Waals surface area contributed by atoms with Gasteiger partial charge in [-0.15, -0.1) is 0 Å². The van der Waals surface area contributed by atoms with Crippen LogP contribution >= 0.6 is 0 Å². The second kappa shape index (κ2) is 7.88. The number of fused-ring (bicyclic) bond motifs is 3. The van der Waals surface area contributed by atoms with Crippen LogP contribution in [0.25, 0.3) is 11.1 Å². The Bertz CT molecular complexity index is 910. The molecule has 6 nitrogen and oxygen atoms in total. The molecule has 0 aliphatic heterocycles. The van der Waals surface area contributed by atoms with Gasteiger partial charge in [-0.2, -0.15) is 0 Å². The first-order valence-electron chi connectivity index (χ1n) is 8.81. The van der Waals surface area contributed by atoms with Gasteiger partial charge in [0.05, 0.1) is 28.4 Å². The molecule has 2 aromatic carbocycles. The molecule has 27 heavy (non-hydrogen) atoms. The van der Waals surface area contributed by atoms with Crippen LogP contribution in [0.4, 0.5) is 0 Å². The minimum atomic E-state index is -0.165. The summed E-state index contributed by atoms with van der Waals surface area (Å²) in [5.41, 5.74) is 3.74. The normalized spacial score (nSPS) is 15.2. The van der Waals surface area contributed by atoms with E-state index < -0.39 is 0 Å². The number of aryl methyl sites for hydroxylation is 1. The molecule has 3 rings (SSSR count). The number of benzene rings is 1. The first-order chi connectivity index (χ1) is 13.1. The summed E-state index contributed by atoms with van der Waals surface area (Å²) in [7, 11) is 8.24. The van der Waals surface area contributed by atoms with E-state index in [-0.39, 0.29) is 11.5 Å². The van der Waals surface area contributed by atoms with E-state index in [1.165, 1.54) is 13.2 Å². The summed E-state index contributed by atoms with van der Waals surface area (Å²) >= 11 is 0. The highest BCUT2D eigenvalue weighted by Crippen LogP contribution is 2.50. The standard InChI is InChI=1S/C21H25NO5/c1-22-15-8-6-12-10-18(25-3)20(26-4)21(27-5)19(12)13-7-9-16(23)17(24-2)11-14(13)15/h7,9-11,15,22H,6,8H2,1-5H3. The van der Waals surface area contributed by atoms with Crippen LogP contribution < -0.4 is 29.7 Å². The van der Waals surface area contributed by atoms with Crippen LogP contribution in [0.15, 0.2) is 29.1 Å². The maximum absolute atomic E-state index is 12.4. The SMILES string of the molecule is CNC1CCc2cc(OC)c(OC)c(OC)c2-c2ccc(=O)c(OC)cc21. The van der Waals surface area contributed by atoms with Crippen molar-refractivity contribution in [1.82, 2.24) is 5.32 Å². The molecule has 1 N–H and O–H groups in total. The van der Waals surface area contributed by atoms with Gasteiger partial charge < -0.3 is 24.3 Å². The monoisotopic (exact) mass is 371 g/mol. The molecule has 1 aliphatic rings. The fourth-order valence-corrected chi connectivity index (χ4v) is 3.76. The van der Waals surface area contributed by atoms with Crippen LogP contribution in [-0.2, 0) is 6.42 Å². The molecule has 144 valence electrons. The molecule has 0 radical (unpaired) electrons. The largest absolute Gasteiger partial charge is 0.493 e. The van der Waals surface area contributed by atoms with Gasteiger partial charge in [-0.1, -0.05) is 0 Å². The molecule has 2 aromatic rings. The Morgan fingerprint density at radius 2 is 1.63 bits per heavy atom. The molecular weight excluding hydrogens is 346 g/mol. The van der Waals surface area contributed by atoms with Gasteiger partial charge in [0, 0.05) is 11.6 Å². The molecule has 0 fully saturated rings. The van der Waals surface area contributed by atoms with Gasteiger partial charge in [0.25, 0.3) is 0 Å². The van der Waals surface area contributed by atoms with E-state index in [1.807, 2.05) is 25.2 Å². The molecule has 0 spiro atoms. The first-order valence-corrected chi connectivity index (χ1v) is 8.81. The minimum absolute atomic E-state index is 0.0646. The third kappa shape index (κ3) is 3.21. The maximum Gasteiger partial charge on any atom is 0.220 e. The van der Waals surface area contributed by atoms with Crippen LogP contribution in [-0.4, -0.2) is 35.5 Å². The summed E-state index contributed by atoms with van der Waals surface area (Å²) in [5.74, 6) is 2.08. The predicted octanol–water partition coefficient (Wildman–Crippen LogP) is 2.95. The molecular formula is C21H25NO5. The van der Waals surface area contributed by atoms with Crippen molar-refractivity contribution in [2.75, 3.05) is 35.5 Å². The van der Waals surface area contributed by atoms with Gasteiger partial charge in [0.1, 0.15) is 0 Å². The van der Waals surface area contributed by atoms with Crippen molar-refractivity contribution in [2.45, 2.75) is 18.9 Å². The molecule has 0 saturated carbocycles. The lowest BCUT2D eigenvalue weighted by molar-refractivity contribution is 0.324. The van der Waals surface area contributed by atoms with Crippen molar-refractivity contribution < 1.29 is 18.9 Å². The molecule has 1 atom stereocenters. The van der Waals surface area contributed by atoms with Crippen molar-refractivity contribution in [3.63, 3.8) is 0 Å². The number of ether oxygens (including phenoxy) is 4. The molecule has 0 amide bonds. The fraction of sp³-hybridized carbons (Fsp3) is 0.381.